The molecule has 108 valence electrons. The number of carboxylic acid groups (broad SMARTS) is 1. The average Bonchev–Trinajstić information content (AvgIpc) is 2.81. The second kappa shape index (κ2) is 6.17. The highest BCUT2D eigenvalue weighted by atomic mass is 32.2. The highest BCUT2D eigenvalue weighted by Crippen LogP contribution is 2.25. The fourth-order valence-electron chi connectivity index (χ4n) is 2.43. The van der Waals surface area contributed by atoms with E-state index in [2.05, 4.69) is 5.32 Å². The summed E-state index contributed by atoms with van der Waals surface area (Å²) in [5.74, 6) is -1.31. The fourth-order valence-corrected chi connectivity index (χ4v) is 2.83. The molecule has 2 unspecified atom stereocenters. The van der Waals surface area contributed by atoms with E-state index in [0.717, 1.165) is 10.6 Å². The van der Waals surface area contributed by atoms with E-state index in [1.807, 2.05) is 30.5 Å². The molecule has 1 aromatic rings. The number of anilines is 1. The zero-order valence-electron chi connectivity index (χ0n) is 11.5. The largest absolute Gasteiger partial charge is 0.481 e. The summed E-state index contributed by atoms with van der Waals surface area (Å²) < 4.78 is 0. The van der Waals surface area contributed by atoms with E-state index >= 15 is 0 Å². The molecule has 0 spiro atoms. The highest BCUT2D eigenvalue weighted by Gasteiger charge is 2.38. The van der Waals surface area contributed by atoms with E-state index in [4.69, 9.17) is 5.11 Å². The second-order valence-electron chi connectivity index (χ2n) is 4.83. The van der Waals surface area contributed by atoms with Gasteiger partial charge < -0.3 is 15.3 Å². The van der Waals surface area contributed by atoms with Crippen LogP contribution in [0.5, 0.6) is 0 Å². The van der Waals surface area contributed by atoms with Gasteiger partial charge in [-0.05, 0) is 43.9 Å². The molecule has 2 N–H and O–H groups in total. The summed E-state index contributed by atoms with van der Waals surface area (Å²) in [6.07, 6.45) is 2.50. The van der Waals surface area contributed by atoms with E-state index in [1.54, 1.807) is 23.6 Å². The maximum Gasteiger partial charge on any atom is 0.322 e. The minimum absolute atomic E-state index is 0.238. The number of nitrogens with one attached hydrogen (secondary N) is 1. The molecule has 2 amide bonds. The lowest BCUT2D eigenvalue weighted by molar-refractivity contribution is -0.142. The Morgan fingerprint density at radius 2 is 2.00 bits per heavy atom. The first-order chi connectivity index (χ1) is 9.52. The first-order valence-electron chi connectivity index (χ1n) is 6.47. The van der Waals surface area contributed by atoms with E-state index in [1.165, 1.54) is 0 Å². The summed E-state index contributed by atoms with van der Waals surface area (Å²) in [4.78, 5) is 25.9. The number of urea groups is 1. The van der Waals surface area contributed by atoms with Crippen molar-refractivity contribution in [3.05, 3.63) is 24.3 Å². The second-order valence-corrected chi connectivity index (χ2v) is 5.71. The zero-order chi connectivity index (χ0) is 14.7. The van der Waals surface area contributed by atoms with Gasteiger partial charge in [-0.3, -0.25) is 4.79 Å². The van der Waals surface area contributed by atoms with Crippen LogP contribution in [0.25, 0.3) is 0 Å². The quantitative estimate of drug-likeness (QED) is 0.841. The van der Waals surface area contributed by atoms with Gasteiger partial charge >= 0.3 is 12.0 Å². The number of carbonyl (C=O) groups is 2. The van der Waals surface area contributed by atoms with Gasteiger partial charge in [0, 0.05) is 23.2 Å². The first kappa shape index (κ1) is 14.7. The van der Waals surface area contributed by atoms with Gasteiger partial charge in [0.15, 0.2) is 0 Å². The smallest absolute Gasteiger partial charge is 0.322 e. The van der Waals surface area contributed by atoms with Gasteiger partial charge in [0.05, 0.1) is 5.92 Å². The monoisotopic (exact) mass is 294 g/mol. The number of rotatable bonds is 3. The van der Waals surface area contributed by atoms with Gasteiger partial charge in [0.1, 0.15) is 0 Å². The molecule has 2 rings (SSSR count). The molecule has 6 heteroatoms. The van der Waals surface area contributed by atoms with Crippen molar-refractivity contribution in [2.24, 2.45) is 5.92 Å². The number of benzene rings is 1. The van der Waals surface area contributed by atoms with Crippen molar-refractivity contribution in [3.8, 4) is 0 Å². The van der Waals surface area contributed by atoms with Crippen molar-refractivity contribution in [1.82, 2.24) is 4.90 Å². The average molecular weight is 294 g/mol. The lowest BCUT2D eigenvalue weighted by Gasteiger charge is -2.23. The molecule has 0 saturated carbocycles. The van der Waals surface area contributed by atoms with Gasteiger partial charge in [-0.15, -0.1) is 11.8 Å². The molecule has 0 aromatic heterocycles. The van der Waals surface area contributed by atoms with E-state index in [-0.39, 0.29) is 12.1 Å². The summed E-state index contributed by atoms with van der Waals surface area (Å²) in [5, 5.41) is 11.9. The Balaban J connectivity index is 1.99. The van der Waals surface area contributed by atoms with E-state index in [9.17, 15) is 9.59 Å². The molecular weight excluding hydrogens is 276 g/mol. The molecule has 1 aliphatic heterocycles. The van der Waals surface area contributed by atoms with Crippen molar-refractivity contribution < 1.29 is 14.7 Å². The summed E-state index contributed by atoms with van der Waals surface area (Å²) >= 11 is 1.64. The number of thioether (sulfide) groups is 1. The normalized spacial score (nSPS) is 21.8. The maximum atomic E-state index is 12.2. The number of hydrogen-bond donors (Lipinski definition) is 2. The molecule has 1 heterocycles. The summed E-state index contributed by atoms with van der Waals surface area (Å²) in [6, 6.07) is 7.05. The van der Waals surface area contributed by atoms with Crippen LogP contribution in [0.2, 0.25) is 0 Å². The Morgan fingerprint density at radius 1 is 1.35 bits per heavy atom. The first-order valence-corrected chi connectivity index (χ1v) is 7.70. The summed E-state index contributed by atoms with van der Waals surface area (Å²) in [5.41, 5.74) is 0.721. The molecule has 1 fully saturated rings. The number of hydrogen-bond acceptors (Lipinski definition) is 3. The number of aliphatic carboxylic acids is 1. The molecular formula is C14H18N2O3S. The van der Waals surface area contributed by atoms with Crippen LogP contribution in [0, 0.1) is 5.92 Å². The molecule has 2 atom stereocenters. The highest BCUT2D eigenvalue weighted by molar-refractivity contribution is 7.98. The SMILES string of the molecule is CSc1ccc(NC(=O)N2CCC(C(=O)O)C2C)cc1. The van der Waals surface area contributed by atoms with Gasteiger partial charge in [0.25, 0.3) is 0 Å². The summed E-state index contributed by atoms with van der Waals surface area (Å²) in [7, 11) is 0. The van der Waals surface area contributed by atoms with Crippen LogP contribution >= 0.6 is 11.8 Å². The molecule has 1 saturated heterocycles. The molecule has 5 nitrogen and oxygen atoms in total. The Kier molecular flexibility index (Phi) is 4.54. The van der Waals surface area contributed by atoms with Crippen LogP contribution < -0.4 is 5.32 Å². The van der Waals surface area contributed by atoms with Crippen LogP contribution in [-0.2, 0) is 4.79 Å². The van der Waals surface area contributed by atoms with Crippen LogP contribution in [-0.4, -0.2) is 40.8 Å². The third-order valence-corrected chi connectivity index (χ3v) is 4.42. The number of carboxylic acids is 1. The van der Waals surface area contributed by atoms with Crippen LogP contribution in [0.1, 0.15) is 13.3 Å². The van der Waals surface area contributed by atoms with Gasteiger partial charge in [-0.1, -0.05) is 0 Å². The minimum Gasteiger partial charge on any atom is -0.481 e. The Bertz CT molecular complexity index is 504. The minimum atomic E-state index is -0.836. The molecule has 1 aliphatic rings. The molecule has 0 aliphatic carbocycles. The Labute approximate surface area is 122 Å². The van der Waals surface area contributed by atoms with Crippen molar-refractivity contribution in [2.45, 2.75) is 24.3 Å². The number of likely N-dealkylation sites (tertiary alicyclic amines) is 1. The third kappa shape index (κ3) is 3.07. The Hall–Kier alpha value is -1.69. The molecule has 0 bridgehead atoms. The predicted octanol–water partition coefficient (Wildman–Crippen LogP) is 2.74. The topological polar surface area (TPSA) is 69.6 Å². The number of carbonyl (C=O) groups excluding carboxylic acids is 1. The van der Waals surface area contributed by atoms with Crippen LogP contribution in [0.4, 0.5) is 10.5 Å². The number of amides is 2. The standard InChI is InChI=1S/C14H18N2O3S/c1-9-12(13(17)18)7-8-16(9)14(19)15-10-3-5-11(20-2)6-4-10/h3-6,9,12H,7-8H2,1-2H3,(H,15,19)(H,17,18). The van der Waals surface area contributed by atoms with Crippen molar-refractivity contribution in [3.63, 3.8) is 0 Å². The zero-order valence-corrected chi connectivity index (χ0v) is 12.3. The molecule has 1 aromatic carbocycles. The lowest BCUT2D eigenvalue weighted by atomic mass is 10.0. The molecule has 20 heavy (non-hydrogen) atoms. The summed E-state index contributed by atoms with van der Waals surface area (Å²) in [6.45, 7) is 2.26. The van der Waals surface area contributed by atoms with Crippen LogP contribution in [0.3, 0.4) is 0 Å². The van der Waals surface area contributed by atoms with Gasteiger partial charge in [-0.25, -0.2) is 4.79 Å². The van der Waals surface area contributed by atoms with Gasteiger partial charge in [0.2, 0.25) is 0 Å². The van der Waals surface area contributed by atoms with E-state index < -0.39 is 11.9 Å². The predicted molar refractivity (Wildman–Crippen MR) is 79.2 cm³/mol. The van der Waals surface area contributed by atoms with Crippen molar-refractivity contribution in [1.29, 1.82) is 0 Å². The van der Waals surface area contributed by atoms with Crippen molar-refractivity contribution >= 4 is 29.4 Å². The maximum absolute atomic E-state index is 12.2. The number of nitrogens with zero attached hydrogens (tertiary/aromatic N) is 1. The molecule has 0 radical (unpaired) electrons. The third-order valence-electron chi connectivity index (χ3n) is 3.67. The van der Waals surface area contributed by atoms with E-state index in [0.29, 0.717) is 13.0 Å². The van der Waals surface area contributed by atoms with Crippen LogP contribution in [0.15, 0.2) is 29.2 Å². The lowest BCUT2D eigenvalue weighted by Crippen LogP contribution is -2.40. The Morgan fingerprint density at radius 3 is 2.50 bits per heavy atom. The fraction of sp³-hybridized carbons (Fsp3) is 0.429. The van der Waals surface area contributed by atoms with Crippen molar-refractivity contribution in [2.75, 3.05) is 18.1 Å². The van der Waals surface area contributed by atoms with Gasteiger partial charge in [-0.2, -0.15) is 0 Å².